The van der Waals surface area contributed by atoms with Crippen LogP contribution in [0.2, 0.25) is 0 Å². The molecule has 0 aromatic carbocycles. The lowest BCUT2D eigenvalue weighted by atomic mass is 9.82. The molecule has 164 valence electrons. The Hall–Kier alpha value is -2.38. The molecule has 7 nitrogen and oxygen atoms in total. The van der Waals surface area contributed by atoms with Gasteiger partial charge in [0.15, 0.2) is 0 Å². The predicted octanol–water partition coefficient (Wildman–Crippen LogP) is 2.17. The van der Waals surface area contributed by atoms with Crippen LogP contribution in [0.15, 0.2) is 47.5 Å². The number of nitrogens with two attached hydrogens (primary N) is 2. The van der Waals surface area contributed by atoms with Crippen LogP contribution >= 0.6 is 0 Å². The Morgan fingerprint density at radius 3 is 2.57 bits per heavy atom. The van der Waals surface area contributed by atoms with E-state index in [0.29, 0.717) is 24.3 Å². The largest absolute Gasteiger partial charge is 0.486 e. The van der Waals surface area contributed by atoms with Gasteiger partial charge in [0.2, 0.25) is 11.7 Å². The van der Waals surface area contributed by atoms with Crippen molar-refractivity contribution in [3.8, 4) is 0 Å². The Morgan fingerprint density at radius 2 is 1.97 bits per heavy atom. The van der Waals surface area contributed by atoms with Crippen molar-refractivity contribution in [3.05, 3.63) is 47.5 Å². The molecule has 6 N–H and O–H groups in total. The first-order valence-electron chi connectivity index (χ1n) is 11.0. The van der Waals surface area contributed by atoms with Crippen molar-refractivity contribution >= 4 is 11.8 Å². The third kappa shape index (κ3) is 5.40. The van der Waals surface area contributed by atoms with Gasteiger partial charge in [-0.2, -0.15) is 5.48 Å². The zero-order chi connectivity index (χ0) is 21.5. The van der Waals surface area contributed by atoms with E-state index < -0.39 is 5.91 Å². The number of nitrogens with one attached hydrogen (secondary N) is 1. The zero-order valence-electron chi connectivity index (χ0n) is 17.6. The van der Waals surface area contributed by atoms with Crippen molar-refractivity contribution in [1.29, 1.82) is 0 Å². The topological polar surface area (TPSA) is 118 Å². The smallest absolute Gasteiger partial charge is 0.286 e. The molecule has 2 amide bonds. The summed E-state index contributed by atoms with van der Waals surface area (Å²) in [5.41, 5.74) is 7.89. The number of carbonyl (C=O) groups is 2. The third-order valence-corrected chi connectivity index (χ3v) is 6.63. The van der Waals surface area contributed by atoms with E-state index in [9.17, 15) is 14.8 Å². The van der Waals surface area contributed by atoms with Gasteiger partial charge in [-0.3, -0.25) is 9.59 Å². The normalized spacial score (nSPS) is 29.3. The van der Waals surface area contributed by atoms with Crippen LogP contribution in [0.5, 0.6) is 0 Å². The van der Waals surface area contributed by atoms with Gasteiger partial charge in [-0.25, -0.2) is 5.21 Å². The molecule has 0 bridgehead atoms. The van der Waals surface area contributed by atoms with Gasteiger partial charge in [-0.05, 0) is 42.6 Å². The fraction of sp³-hybridized carbons (Fsp3) is 0.565. The second-order valence-electron chi connectivity index (χ2n) is 8.55. The van der Waals surface area contributed by atoms with E-state index in [2.05, 4.69) is 11.9 Å². The number of hydroxylamine groups is 1. The Bertz CT molecular complexity index is 754. The number of quaternary nitrogens is 1. The average molecular weight is 417 g/mol. The number of amides is 2. The second kappa shape index (κ2) is 10.6. The molecule has 0 aromatic rings. The van der Waals surface area contributed by atoms with Crippen molar-refractivity contribution in [2.75, 3.05) is 6.61 Å². The molecule has 2 unspecified atom stereocenters. The summed E-state index contributed by atoms with van der Waals surface area (Å²) in [6.07, 6.45) is 14.4. The van der Waals surface area contributed by atoms with Crippen LogP contribution < -0.4 is 16.5 Å². The molecule has 0 spiro atoms. The minimum atomic E-state index is -0.756. The van der Waals surface area contributed by atoms with Crippen LogP contribution in [-0.4, -0.2) is 23.6 Å². The van der Waals surface area contributed by atoms with Gasteiger partial charge < -0.3 is 15.8 Å². The first kappa shape index (κ1) is 22.3. The van der Waals surface area contributed by atoms with Crippen molar-refractivity contribution in [2.45, 2.75) is 57.8 Å². The SMILES string of the molecule is C=C/C=C1/CCOC(C(N)=O)=C(NC(=O)CCC2CC3CCCCC3C2)/C1=C/[NH2+]O. The highest BCUT2D eigenvalue weighted by Crippen LogP contribution is 2.46. The highest BCUT2D eigenvalue weighted by molar-refractivity contribution is 5.93. The summed E-state index contributed by atoms with van der Waals surface area (Å²) in [5.74, 6) is 1.26. The molecule has 7 heteroatoms. The van der Waals surface area contributed by atoms with Gasteiger partial charge in [0.1, 0.15) is 11.9 Å². The summed E-state index contributed by atoms with van der Waals surface area (Å²) < 4.78 is 5.55. The predicted molar refractivity (Wildman–Crippen MR) is 112 cm³/mol. The van der Waals surface area contributed by atoms with E-state index in [1.807, 2.05) is 0 Å². The van der Waals surface area contributed by atoms with Gasteiger partial charge in [-0.15, -0.1) is 0 Å². The van der Waals surface area contributed by atoms with E-state index in [1.165, 1.54) is 44.7 Å². The minimum absolute atomic E-state index is 0.0872. The molecule has 2 fully saturated rings. The lowest BCUT2D eigenvalue weighted by Gasteiger charge is -2.24. The number of allylic oxidation sites excluding steroid dienone is 3. The van der Waals surface area contributed by atoms with E-state index in [4.69, 9.17) is 10.5 Å². The van der Waals surface area contributed by atoms with Crippen molar-refractivity contribution in [2.24, 2.45) is 23.5 Å². The van der Waals surface area contributed by atoms with Crippen LogP contribution in [-0.2, 0) is 14.3 Å². The minimum Gasteiger partial charge on any atom is -0.486 e. The standard InChI is InChI=1S/C23H33N3O4/c1-2-5-16-10-11-30-22(23(24)28)21(19(16)14-25-29)26-20(27)9-8-15-12-17-6-3-4-7-18(17)13-15/h2,5,14-15,17-18,25,29H,1,3-4,6-13H2,(H2,24,28)(H,26,27)/p+1/b16-5-,19-14+. The first-order valence-corrected chi connectivity index (χ1v) is 11.0. The Labute approximate surface area is 178 Å². The zero-order valence-corrected chi connectivity index (χ0v) is 17.6. The van der Waals surface area contributed by atoms with Gasteiger partial charge >= 0.3 is 0 Å². The lowest BCUT2D eigenvalue weighted by molar-refractivity contribution is -0.838. The first-order chi connectivity index (χ1) is 14.5. The van der Waals surface area contributed by atoms with Crippen LogP contribution in [0.25, 0.3) is 0 Å². The fourth-order valence-electron chi connectivity index (χ4n) is 5.28. The molecule has 1 heterocycles. The maximum atomic E-state index is 12.8. The van der Waals surface area contributed by atoms with Gasteiger partial charge in [0.05, 0.1) is 12.2 Å². The molecular weight excluding hydrogens is 382 g/mol. The molecule has 3 rings (SSSR count). The Kier molecular flexibility index (Phi) is 7.87. The van der Waals surface area contributed by atoms with Gasteiger partial charge in [0, 0.05) is 12.8 Å². The molecule has 30 heavy (non-hydrogen) atoms. The number of hydrogen-bond acceptors (Lipinski definition) is 4. The van der Waals surface area contributed by atoms with Crippen molar-refractivity contribution < 1.29 is 25.0 Å². The lowest BCUT2D eigenvalue weighted by Crippen LogP contribution is -2.74. The molecule has 1 aliphatic heterocycles. The number of carbonyl (C=O) groups excluding carboxylic acids is 2. The van der Waals surface area contributed by atoms with Gasteiger partial charge in [0.25, 0.3) is 5.91 Å². The second-order valence-corrected chi connectivity index (χ2v) is 8.55. The molecule has 3 aliphatic rings. The number of fused-ring (bicyclic) bond motifs is 1. The van der Waals surface area contributed by atoms with E-state index >= 15 is 0 Å². The summed E-state index contributed by atoms with van der Waals surface area (Å²) in [5, 5.41) is 12.2. The quantitative estimate of drug-likeness (QED) is 0.476. The van der Waals surface area contributed by atoms with Crippen LogP contribution in [0.4, 0.5) is 0 Å². The summed E-state index contributed by atoms with van der Waals surface area (Å²) in [7, 11) is 0. The summed E-state index contributed by atoms with van der Waals surface area (Å²) >= 11 is 0. The number of ether oxygens (including phenoxy) is 1. The van der Waals surface area contributed by atoms with E-state index in [0.717, 1.165) is 29.3 Å². The van der Waals surface area contributed by atoms with E-state index in [1.54, 1.807) is 12.2 Å². The number of hydrogen-bond donors (Lipinski definition) is 4. The average Bonchev–Trinajstić information content (AvgIpc) is 3.07. The summed E-state index contributed by atoms with van der Waals surface area (Å²) in [6.45, 7) is 3.95. The van der Waals surface area contributed by atoms with Crippen molar-refractivity contribution in [1.82, 2.24) is 5.32 Å². The summed E-state index contributed by atoms with van der Waals surface area (Å²) in [4.78, 5) is 24.8. The molecule has 0 aromatic heterocycles. The van der Waals surface area contributed by atoms with Crippen LogP contribution in [0, 0.1) is 17.8 Å². The number of rotatable bonds is 7. The maximum absolute atomic E-state index is 12.8. The Balaban J connectivity index is 1.70. The van der Waals surface area contributed by atoms with Gasteiger partial charge in [-0.1, -0.05) is 44.4 Å². The van der Waals surface area contributed by atoms with Crippen molar-refractivity contribution in [3.63, 3.8) is 0 Å². The molecule has 2 atom stereocenters. The third-order valence-electron chi connectivity index (χ3n) is 6.63. The van der Waals surface area contributed by atoms with Crippen LogP contribution in [0.3, 0.4) is 0 Å². The fourth-order valence-corrected chi connectivity index (χ4v) is 5.28. The highest BCUT2D eigenvalue weighted by atomic mass is 16.5. The van der Waals surface area contributed by atoms with E-state index in [-0.39, 0.29) is 24.0 Å². The summed E-state index contributed by atoms with van der Waals surface area (Å²) in [6, 6.07) is 0. The molecule has 0 saturated heterocycles. The molecule has 2 saturated carbocycles. The maximum Gasteiger partial charge on any atom is 0.286 e. The highest BCUT2D eigenvalue weighted by Gasteiger charge is 2.35. The molecule has 2 aliphatic carbocycles. The number of primary amides is 1. The Morgan fingerprint density at radius 1 is 1.27 bits per heavy atom. The van der Waals surface area contributed by atoms with Crippen LogP contribution in [0.1, 0.15) is 57.8 Å². The molecule has 0 radical (unpaired) electrons. The monoisotopic (exact) mass is 416 g/mol. The molecular formula is C23H34N3O4+.